The summed E-state index contributed by atoms with van der Waals surface area (Å²) in [5.41, 5.74) is 0.385. The SMILES string of the molecule is CCCCOc1nc(-c2ccccc2F)n(C(=O)c2ccc(Cl)c(Cl)c2)n1. The number of carbonyl (C=O) groups is 1. The molecule has 0 saturated carbocycles. The summed E-state index contributed by atoms with van der Waals surface area (Å²) in [4.78, 5) is 17.1. The first-order valence-electron chi connectivity index (χ1n) is 8.35. The summed E-state index contributed by atoms with van der Waals surface area (Å²) in [5, 5.41) is 4.67. The zero-order valence-electron chi connectivity index (χ0n) is 14.5. The van der Waals surface area contributed by atoms with Crippen molar-refractivity contribution < 1.29 is 13.9 Å². The highest BCUT2D eigenvalue weighted by molar-refractivity contribution is 6.42. The maximum atomic E-state index is 14.3. The molecule has 140 valence electrons. The Hall–Kier alpha value is -2.44. The van der Waals surface area contributed by atoms with Gasteiger partial charge >= 0.3 is 6.01 Å². The highest BCUT2D eigenvalue weighted by atomic mass is 35.5. The van der Waals surface area contributed by atoms with E-state index in [-0.39, 0.29) is 28.0 Å². The first-order valence-corrected chi connectivity index (χ1v) is 9.11. The van der Waals surface area contributed by atoms with E-state index in [1.165, 1.54) is 30.3 Å². The molecule has 2 aromatic carbocycles. The van der Waals surface area contributed by atoms with Gasteiger partial charge in [-0.1, -0.05) is 48.7 Å². The second-order valence-electron chi connectivity index (χ2n) is 5.75. The average molecular weight is 408 g/mol. The van der Waals surface area contributed by atoms with Crippen LogP contribution in [0.25, 0.3) is 11.4 Å². The van der Waals surface area contributed by atoms with Crippen molar-refractivity contribution in [2.75, 3.05) is 6.61 Å². The van der Waals surface area contributed by atoms with Gasteiger partial charge < -0.3 is 4.74 Å². The van der Waals surface area contributed by atoms with Crippen LogP contribution in [-0.4, -0.2) is 27.3 Å². The van der Waals surface area contributed by atoms with Gasteiger partial charge in [0.15, 0.2) is 5.82 Å². The van der Waals surface area contributed by atoms with Crippen LogP contribution < -0.4 is 4.74 Å². The van der Waals surface area contributed by atoms with Crippen molar-refractivity contribution in [3.63, 3.8) is 0 Å². The lowest BCUT2D eigenvalue weighted by Gasteiger charge is -2.06. The molecule has 0 unspecified atom stereocenters. The van der Waals surface area contributed by atoms with Gasteiger partial charge in [-0.05, 0) is 36.8 Å². The van der Waals surface area contributed by atoms with Gasteiger partial charge in [0.25, 0.3) is 5.91 Å². The lowest BCUT2D eigenvalue weighted by Crippen LogP contribution is -2.15. The number of ether oxygens (including phenoxy) is 1. The third-order valence-corrected chi connectivity index (χ3v) is 4.53. The molecule has 27 heavy (non-hydrogen) atoms. The van der Waals surface area contributed by atoms with E-state index in [1.807, 2.05) is 6.92 Å². The van der Waals surface area contributed by atoms with Crippen molar-refractivity contribution in [2.24, 2.45) is 0 Å². The van der Waals surface area contributed by atoms with Crippen LogP contribution in [0.5, 0.6) is 6.01 Å². The molecule has 0 N–H and O–H groups in total. The lowest BCUT2D eigenvalue weighted by molar-refractivity contribution is 0.0944. The number of aromatic nitrogens is 3. The van der Waals surface area contributed by atoms with Gasteiger partial charge in [0.2, 0.25) is 0 Å². The summed E-state index contributed by atoms with van der Waals surface area (Å²) in [6.07, 6.45) is 1.74. The Kier molecular flexibility index (Phi) is 6.08. The van der Waals surface area contributed by atoms with Gasteiger partial charge in [-0.3, -0.25) is 4.79 Å². The van der Waals surface area contributed by atoms with Crippen molar-refractivity contribution in [3.8, 4) is 17.4 Å². The van der Waals surface area contributed by atoms with Gasteiger partial charge in [-0.15, -0.1) is 5.10 Å². The Morgan fingerprint density at radius 1 is 1.19 bits per heavy atom. The minimum atomic E-state index is -0.523. The molecule has 0 bridgehead atoms. The Labute approximate surface area is 165 Å². The number of halogens is 3. The van der Waals surface area contributed by atoms with Crippen LogP contribution in [0.4, 0.5) is 4.39 Å². The maximum Gasteiger partial charge on any atom is 0.336 e. The van der Waals surface area contributed by atoms with E-state index in [1.54, 1.807) is 12.1 Å². The molecule has 0 radical (unpaired) electrons. The molecule has 0 saturated heterocycles. The van der Waals surface area contributed by atoms with Crippen LogP contribution >= 0.6 is 23.2 Å². The normalized spacial score (nSPS) is 10.8. The van der Waals surface area contributed by atoms with Gasteiger partial charge in [-0.2, -0.15) is 9.67 Å². The number of hydrogen-bond acceptors (Lipinski definition) is 4. The largest absolute Gasteiger partial charge is 0.462 e. The lowest BCUT2D eigenvalue weighted by atomic mass is 10.2. The molecule has 1 aromatic heterocycles. The quantitative estimate of drug-likeness (QED) is 0.523. The summed E-state index contributed by atoms with van der Waals surface area (Å²) in [6.45, 7) is 2.42. The summed E-state index contributed by atoms with van der Waals surface area (Å²) in [5.74, 6) is -0.992. The second-order valence-corrected chi connectivity index (χ2v) is 6.56. The summed E-state index contributed by atoms with van der Waals surface area (Å²) >= 11 is 11.9. The van der Waals surface area contributed by atoms with Crippen molar-refractivity contribution in [1.82, 2.24) is 14.8 Å². The molecule has 0 aliphatic carbocycles. The minimum absolute atomic E-state index is 0.00936. The first-order chi connectivity index (χ1) is 13.0. The molecule has 3 aromatic rings. The van der Waals surface area contributed by atoms with E-state index in [4.69, 9.17) is 27.9 Å². The number of benzene rings is 2. The van der Waals surface area contributed by atoms with E-state index in [9.17, 15) is 9.18 Å². The summed E-state index contributed by atoms with van der Waals surface area (Å²) < 4.78 is 20.8. The first kappa shape index (κ1) is 19.3. The van der Waals surface area contributed by atoms with Gasteiger partial charge in [-0.25, -0.2) is 4.39 Å². The fourth-order valence-electron chi connectivity index (χ4n) is 2.37. The third kappa shape index (κ3) is 4.28. The van der Waals surface area contributed by atoms with Crippen LogP contribution in [0.1, 0.15) is 30.1 Å². The zero-order valence-corrected chi connectivity index (χ0v) is 16.0. The summed E-state index contributed by atoms with van der Waals surface area (Å²) in [7, 11) is 0. The van der Waals surface area contributed by atoms with Crippen molar-refractivity contribution in [2.45, 2.75) is 19.8 Å². The highest BCUT2D eigenvalue weighted by Gasteiger charge is 2.22. The van der Waals surface area contributed by atoms with Crippen molar-refractivity contribution in [1.29, 1.82) is 0 Å². The maximum absolute atomic E-state index is 14.3. The van der Waals surface area contributed by atoms with E-state index in [2.05, 4.69) is 10.1 Å². The second kappa shape index (κ2) is 8.50. The van der Waals surface area contributed by atoms with Crippen LogP contribution in [0.3, 0.4) is 0 Å². The Bertz CT molecular complexity index is 975. The Morgan fingerprint density at radius 2 is 1.96 bits per heavy atom. The van der Waals surface area contributed by atoms with Gasteiger partial charge in [0.1, 0.15) is 5.82 Å². The van der Waals surface area contributed by atoms with Crippen LogP contribution in [0, 0.1) is 5.82 Å². The number of rotatable bonds is 6. The topological polar surface area (TPSA) is 57.0 Å². The molecule has 1 heterocycles. The number of nitrogens with zero attached hydrogens (tertiary/aromatic N) is 3. The van der Waals surface area contributed by atoms with Crippen LogP contribution in [0.15, 0.2) is 42.5 Å². The number of carbonyl (C=O) groups excluding carboxylic acids is 1. The molecule has 0 atom stereocenters. The smallest absolute Gasteiger partial charge is 0.336 e. The minimum Gasteiger partial charge on any atom is -0.462 e. The standard InChI is InChI=1S/C19H16Cl2FN3O2/c1-2-3-10-27-19-23-17(13-6-4-5-7-16(13)22)25(24-19)18(26)12-8-9-14(20)15(21)11-12/h4-9,11H,2-3,10H2,1H3. The van der Waals surface area contributed by atoms with Gasteiger partial charge in [0.05, 0.1) is 22.2 Å². The van der Waals surface area contributed by atoms with E-state index < -0.39 is 11.7 Å². The third-order valence-electron chi connectivity index (χ3n) is 3.79. The molecule has 0 amide bonds. The predicted octanol–water partition coefficient (Wildman–Crippen LogP) is 5.26. The molecule has 0 aliphatic rings. The van der Waals surface area contributed by atoms with E-state index >= 15 is 0 Å². The van der Waals surface area contributed by atoms with Crippen LogP contribution in [-0.2, 0) is 0 Å². The summed E-state index contributed by atoms with van der Waals surface area (Å²) in [6, 6.07) is 10.5. The Balaban J connectivity index is 2.05. The molecule has 0 spiro atoms. The number of unbranched alkanes of at least 4 members (excludes halogenated alkanes) is 1. The highest BCUT2D eigenvalue weighted by Crippen LogP contribution is 2.26. The van der Waals surface area contributed by atoms with E-state index in [0.29, 0.717) is 11.6 Å². The zero-order chi connectivity index (χ0) is 19.4. The van der Waals surface area contributed by atoms with Gasteiger partial charge in [0, 0.05) is 5.56 Å². The molecular formula is C19H16Cl2FN3O2. The van der Waals surface area contributed by atoms with Crippen molar-refractivity contribution >= 4 is 29.1 Å². The molecule has 0 aliphatic heterocycles. The fourth-order valence-corrected chi connectivity index (χ4v) is 2.67. The predicted molar refractivity (Wildman–Crippen MR) is 102 cm³/mol. The Morgan fingerprint density at radius 3 is 2.67 bits per heavy atom. The monoisotopic (exact) mass is 407 g/mol. The van der Waals surface area contributed by atoms with E-state index in [0.717, 1.165) is 17.5 Å². The molecular weight excluding hydrogens is 392 g/mol. The molecule has 3 rings (SSSR count). The number of hydrogen-bond donors (Lipinski definition) is 0. The molecule has 5 nitrogen and oxygen atoms in total. The fraction of sp³-hybridized carbons (Fsp3) is 0.211. The molecule has 0 fully saturated rings. The van der Waals surface area contributed by atoms with Crippen LogP contribution in [0.2, 0.25) is 10.0 Å². The van der Waals surface area contributed by atoms with Crippen molar-refractivity contribution in [3.05, 3.63) is 63.9 Å². The average Bonchev–Trinajstić information content (AvgIpc) is 3.08. The molecule has 8 heteroatoms.